The van der Waals surface area contributed by atoms with Crippen LogP contribution >= 0.6 is 0 Å². The van der Waals surface area contributed by atoms with Gasteiger partial charge in [0.25, 0.3) is 0 Å². The summed E-state index contributed by atoms with van der Waals surface area (Å²) in [5.41, 5.74) is -0.242. The van der Waals surface area contributed by atoms with Gasteiger partial charge >= 0.3 is 6.09 Å². The molecule has 2 rings (SSSR count). The van der Waals surface area contributed by atoms with Crippen molar-refractivity contribution in [2.24, 2.45) is 11.3 Å². The Labute approximate surface area is 142 Å². The van der Waals surface area contributed by atoms with Crippen LogP contribution < -0.4 is 5.32 Å². The van der Waals surface area contributed by atoms with Crippen LogP contribution in [0.2, 0.25) is 0 Å². The number of hydrogen-bond donors (Lipinski definition) is 1. The van der Waals surface area contributed by atoms with E-state index in [4.69, 9.17) is 4.74 Å². The van der Waals surface area contributed by atoms with Gasteiger partial charge < -0.3 is 15.0 Å². The summed E-state index contributed by atoms with van der Waals surface area (Å²) in [6.45, 7) is 11.9. The van der Waals surface area contributed by atoms with Crippen molar-refractivity contribution in [1.29, 1.82) is 0 Å². The third kappa shape index (κ3) is 6.33. The number of nitrogens with zero attached hydrogens (tertiary/aromatic N) is 1. The molecule has 4 heteroatoms. The molecule has 0 radical (unpaired) electrons. The lowest BCUT2D eigenvalue weighted by Crippen LogP contribution is -2.50. The molecule has 1 atom stereocenters. The minimum Gasteiger partial charge on any atom is -0.444 e. The van der Waals surface area contributed by atoms with Crippen LogP contribution in [-0.2, 0) is 4.74 Å². The van der Waals surface area contributed by atoms with Gasteiger partial charge in [0.2, 0.25) is 0 Å². The van der Waals surface area contributed by atoms with Crippen LogP contribution in [-0.4, -0.2) is 42.8 Å². The zero-order chi connectivity index (χ0) is 16.9. The van der Waals surface area contributed by atoms with E-state index in [-0.39, 0.29) is 11.5 Å². The van der Waals surface area contributed by atoms with Crippen LogP contribution in [0.25, 0.3) is 0 Å². The Kier molecular flexibility index (Phi) is 6.35. The van der Waals surface area contributed by atoms with E-state index in [9.17, 15) is 4.79 Å². The number of rotatable bonds is 4. The predicted molar refractivity (Wildman–Crippen MR) is 94.6 cm³/mol. The molecule has 2 aliphatic rings. The van der Waals surface area contributed by atoms with Gasteiger partial charge in [-0.05, 0) is 64.3 Å². The minimum absolute atomic E-state index is 0.157. The molecule has 1 aliphatic carbocycles. The molecule has 1 N–H and O–H groups in total. The SMILES string of the molecule is CC1(CNCC2CCCCC2)CCCN(C(=O)OC(C)(C)C)C1. The summed E-state index contributed by atoms with van der Waals surface area (Å²) in [5.74, 6) is 0.859. The normalized spacial score (nSPS) is 27.0. The van der Waals surface area contributed by atoms with Crippen LogP contribution in [0.15, 0.2) is 0 Å². The van der Waals surface area contributed by atoms with Crippen LogP contribution in [0.5, 0.6) is 0 Å². The van der Waals surface area contributed by atoms with Crippen molar-refractivity contribution < 1.29 is 9.53 Å². The van der Waals surface area contributed by atoms with E-state index in [0.29, 0.717) is 0 Å². The fourth-order valence-corrected chi connectivity index (χ4v) is 3.91. The highest BCUT2D eigenvalue weighted by molar-refractivity contribution is 5.68. The highest BCUT2D eigenvalue weighted by Crippen LogP contribution is 2.30. The van der Waals surface area contributed by atoms with Gasteiger partial charge in [-0.3, -0.25) is 0 Å². The molecule has 0 aromatic rings. The van der Waals surface area contributed by atoms with E-state index in [1.54, 1.807) is 0 Å². The lowest BCUT2D eigenvalue weighted by molar-refractivity contribution is 0.00666. The highest BCUT2D eigenvalue weighted by Gasteiger charge is 2.34. The second kappa shape index (κ2) is 7.87. The first-order valence-electron chi connectivity index (χ1n) is 9.46. The van der Waals surface area contributed by atoms with Gasteiger partial charge in [0.05, 0.1) is 0 Å². The number of likely N-dealkylation sites (tertiary alicyclic amines) is 1. The fourth-order valence-electron chi connectivity index (χ4n) is 3.91. The molecule has 23 heavy (non-hydrogen) atoms. The highest BCUT2D eigenvalue weighted by atomic mass is 16.6. The van der Waals surface area contributed by atoms with E-state index in [2.05, 4.69) is 12.2 Å². The van der Waals surface area contributed by atoms with Gasteiger partial charge in [-0.1, -0.05) is 26.2 Å². The van der Waals surface area contributed by atoms with E-state index in [1.807, 2.05) is 25.7 Å². The molecule has 4 nitrogen and oxygen atoms in total. The van der Waals surface area contributed by atoms with Crippen LogP contribution in [0.3, 0.4) is 0 Å². The standard InChI is InChI=1S/C19H36N2O2/c1-18(2,3)23-17(22)21-12-8-11-19(4,15-21)14-20-13-16-9-6-5-7-10-16/h16,20H,5-15H2,1-4H3. The minimum atomic E-state index is -0.413. The van der Waals surface area contributed by atoms with Crippen molar-refractivity contribution in [2.75, 3.05) is 26.2 Å². The van der Waals surface area contributed by atoms with Crippen LogP contribution in [0, 0.1) is 11.3 Å². The van der Waals surface area contributed by atoms with Gasteiger partial charge in [-0.25, -0.2) is 4.79 Å². The molecule has 134 valence electrons. The molecule has 1 aliphatic heterocycles. The Morgan fingerprint density at radius 1 is 1.22 bits per heavy atom. The Bertz CT molecular complexity index is 385. The maximum absolute atomic E-state index is 12.3. The molecule has 0 aromatic carbocycles. The van der Waals surface area contributed by atoms with Gasteiger partial charge in [0.15, 0.2) is 0 Å². The molecule has 1 amide bonds. The van der Waals surface area contributed by atoms with E-state index < -0.39 is 5.60 Å². The lowest BCUT2D eigenvalue weighted by atomic mass is 9.81. The van der Waals surface area contributed by atoms with Crippen molar-refractivity contribution in [3.05, 3.63) is 0 Å². The molecule has 0 aromatic heterocycles. The largest absolute Gasteiger partial charge is 0.444 e. The summed E-state index contributed by atoms with van der Waals surface area (Å²) in [7, 11) is 0. The third-order valence-electron chi connectivity index (χ3n) is 5.14. The average molecular weight is 325 g/mol. The predicted octanol–water partition coefficient (Wildman–Crippen LogP) is 4.19. The number of amides is 1. The Morgan fingerprint density at radius 2 is 1.91 bits per heavy atom. The summed E-state index contributed by atoms with van der Waals surface area (Å²) in [6.07, 6.45) is 9.08. The quantitative estimate of drug-likeness (QED) is 0.843. The Morgan fingerprint density at radius 3 is 2.57 bits per heavy atom. The maximum Gasteiger partial charge on any atom is 0.410 e. The molecule has 2 fully saturated rings. The topological polar surface area (TPSA) is 41.6 Å². The first-order valence-corrected chi connectivity index (χ1v) is 9.46. The fraction of sp³-hybridized carbons (Fsp3) is 0.947. The lowest BCUT2D eigenvalue weighted by Gasteiger charge is -2.41. The Balaban J connectivity index is 1.77. The van der Waals surface area contributed by atoms with Gasteiger partial charge in [0, 0.05) is 19.6 Å². The molecular formula is C19H36N2O2. The number of nitrogens with one attached hydrogen (secondary N) is 1. The smallest absolute Gasteiger partial charge is 0.410 e. The second-order valence-corrected chi connectivity index (χ2v) is 8.95. The monoisotopic (exact) mass is 324 g/mol. The van der Waals surface area contributed by atoms with E-state index in [0.717, 1.165) is 38.5 Å². The van der Waals surface area contributed by atoms with Crippen molar-refractivity contribution in [1.82, 2.24) is 10.2 Å². The number of hydrogen-bond acceptors (Lipinski definition) is 3. The van der Waals surface area contributed by atoms with Crippen molar-refractivity contribution in [3.63, 3.8) is 0 Å². The van der Waals surface area contributed by atoms with Crippen LogP contribution in [0.4, 0.5) is 4.79 Å². The summed E-state index contributed by atoms with van der Waals surface area (Å²) < 4.78 is 5.54. The zero-order valence-corrected chi connectivity index (χ0v) is 15.6. The molecule has 0 spiro atoms. The van der Waals surface area contributed by atoms with E-state index in [1.165, 1.54) is 38.5 Å². The zero-order valence-electron chi connectivity index (χ0n) is 15.6. The van der Waals surface area contributed by atoms with Gasteiger partial charge in [-0.15, -0.1) is 0 Å². The number of carbonyl (C=O) groups excluding carboxylic acids is 1. The maximum atomic E-state index is 12.3. The molecule has 1 unspecified atom stereocenters. The third-order valence-corrected chi connectivity index (χ3v) is 5.14. The van der Waals surface area contributed by atoms with E-state index >= 15 is 0 Å². The van der Waals surface area contributed by atoms with Gasteiger partial charge in [-0.2, -0.15) is 0 Å². The molecule has 0 bridgehead atoms. The number of piperidine rings is 1. The van der Waals surface area contributed by atoms with Crippen molar-refractivity contribution in [3.8, 4) is 0 Å². The van der Waals surface area contributed by atoms with Crippen molar-refractivity contribution in [2.45, 2.75) is 78.2 Å². The van der Waals surface area contributed by atoms with Crippen molar-refractivity contribution >= 4 is 6.09 Å². The summed E-state index contributed by atoms with van der Waals surface area (Å²) >= 11 is 0. The summed E-state index contributed by atoms with van der Waals surface area (Å²) in [4.78, 5) is 14.2. The molecule has 1 heterocycles. The average Bonchev–Trinajstić information content (AvgIpc) is 2.46. The number of carbonyl (C=O) groups is 1. The van der Waals surface area contributed by atoms with Gasteiger partial charge in [0.1, 0.15) is 5.60 Å². The summed E-state index contributed by atoms with van der Waals surface area (Å²) in [5, 5.41) is 3.69. The van der Waals surface area contributed by atoms with Crippen LogP contribution in [0.1, 0.15) is 72.6 Å². The molecule has 1 saturated carbocycles. The number of ether oxygens (including phenoxy) is 1. The first kappa shape index (κ1) is 18.6. The Hall–Kier alpha value is -0.770. The second-order valence-electron chi connectivity index (χ2n) is 8.95. The molecule has 1 saturated heterocycles. The summed E-state index contributed by atoms with van der Waals surface area (Å²) in [6, 6.07) is 0. The first-order chi connectivity index (χ1) is 10.8. The molecular weight excluding hydrogens is 288 g/mol.